The van der Waals surface area contributed by atoms with Crippen molar-refractivity contribution in [2.24, 2.45) is 5.73 Å². The van der Waals surface area contributed by atoms with Crippen LogP contribution in [0, 0.1) is 12.7 Å². The highest BCUT2D eigenvalue weighted by molar-refractivity contribution is 5.93. The fourth-order valence-corrected chi connectivity index (χ4v) is 2.21. The summed E-state index contributed by atoms with van der Waals surface area (Å²) in [6.07, 6.45) is 1.47. The van der Waals surface area contributed by atoms with Gasteiger partial charge in [-0.2, -0.15) is 0 Å². The number of hydrogen-bond acceptors (Lipinski definition) is 2. The Morgan fingerprint density at radius 2 is 1.90 bits per heavy atom. The molecule has 104 valence electrons. The zero-order valence-corrected chi connectivity index (χ0v) is 11.3. The van der Waals surface area contributed by atoms with Crippen LogP contribution in [-0.4, -0.2) is 10.5 Å². The fourth-order valence-electron chi connectivity index (χ4n) is 2.21. The molecule has 0 saturated heterocycles. The molecule has 2 aromatic rings. The molecule has 0 aliphatic heterocycles. The van der Waals surface area contributed by atoms with Crippen molar-refractivity contribution in [3.8, 4) is 11.1 Å². The van der Waals surface area contributed by atoms with E-state index in [2.05, 4.69) is 0 Å². The number of amides is 1. The lowest BCUT2D eigenvalue weighted by Gasteiger charge is -2.14. The third kappa shape index (κ3) is 2.34. The number of aromatic nitrogens is 1. The number of carbonyl (C=O) groups is 1. The van der Waals surface area contributed by atoms with Gasteiger partial charge in [-0.1, -0.05) is 12.1 Å². The van der Waals surface area contributed by atoms with Gasteiger partial charge < -0.3 is 10.3 Å². The van der Waals surface area contributed by atoms with Crippen LogP contribution in [0.5, 0.6) is 0 Å². The van der Waals surface area contributed by atoms with Crippen LogP contribution < -0.4 is 11.2 Å². The monoisotopic (exact) mass is 274 g/mol. The first kappa shape index (κ1) is 14.0. The van der Waals surface area contributed by atoms with Crippen LogP contribution in [0.3, 0.4) is 0 Å². The Morgan fingerprint density at radius 3 is 2.40 bits per heavy atom. The quantitative estimate of drug-likeness (QED) is 0.931. The van der Waals surface area contributed by atoms with Gasteiger partial charge in [-0.25, -0.2) is 4.39 Å². The van der Waals surface area contributed by atoms with E-state index >= 15 is 0 Å². The second kappa shape index (κ2) is 5.28. The summed E-state index contributed by atoms with van der Waals surface area (Å²) >= 11 is 0. The number of benzene rings is 1. The average Bonchev–Trinajstić information content (AvgIpc) is 2.41. The number of pyridine rings is 1. The van der Waals surface area contributed by atoms with Gasteiger partial charge in [0.2, 0.25) is 5.43 Å². The zero-order chi connectivity index (χ0) is 14.9. The number of primary amides is 1. The predicted molar refractivity (Wildman–Crippen MR) is 75.0 cm³/mol. The van der Waals surface area contributed by atoms with Crippen LogP contribution in [0.2, 0.25) is 0 Å². The molecule has 0 bridgehead atoms. The van der Waals surface area contributed by atoms with Crippen molar-refractivity contribution in [1.29, 1.82) is 0 Å². The molecule has 0 fully saturated rings. The molecule has 2 N–H and O–H groups in total. The van der Waals surface area contributed by atoms with Crippen LogP contribution in [0.15, 0.2) is 35.3 Å². The minimum atomic E-state index is -0.763. The molecule has 2 rings (SSSR count). The first-order valence-corrected chi connectivity index (χ1v) is 6.25. The molecule has 4 nitrogen and oxygen atoms in total. The second-order valence-corrected chi connectivity index (χ2v) is 4.49. The number of hydrogen-bond donors (Lipinski definition) is 1. The van der Waals surface area contributed by atoms with Crippen LogP contribution in [0.25, 0.3) is 11.1 Å². The minimum Gasteiger partial charge on any atom is -0.365 e. The molecule has 20 heavy (non-hydrogen) atoms. The fraction of sp³-hybridized carbons (Fsp3) is 0.200. The van der Waals surface area contributed by atoms with Crippen molar-refractivity contribution in [2.75, 3.05) is 0 Å². The predicted octanol–water partition coefficient (Wildman–Crippen LogP) is 2.08. The highest BCUT2D eigenvalue weighted by atomic mass is 19.1. The van der Waals surface area contributed by atoms with Gasteiger partial charge in [0, 0.05) is 24.0 Å². The largest absolute Gasteiger partial charge is 0.365 e. The molecule has 0 radical (unpaired) electrons. The van der Waals surface area contributed by atoms with E-state index in [9.17, 15) is 14.0 Å². The van der Waals surface area contributed by atoms with Crippen LogP contribution in [-0.2, 0) is 6.54 Å². The number of nitrogens with zero attached hydrogens (tertiary/aromatic N) is 1. The van der Waals surface area contributed by atoms with Crippen LogP contribution in [0.4, 0.5) is 4.39 Å². The van der Waals surface area contributed by atoms with E-state index in [4.69, 9.17) is 5.73 Å². The first-order valence-electron chi connectivity index (χ1n) is 6.25. The SMILES string of the molecule is CCn1cc(C(N)=O)c(=O)c(-c2ccc(F)cc2)c1C. The summed E-state index contributed by atoms with van der Waals surface area (Å²) in [6.45, 7) is 4.28. The van der Waals surface area contributed by atoms with Gasteiger partial charge in [0.05, 0.1) is 0 Å². The van der Waals surface area contributed by atoms with Crippen LogP contribution in [0.1, 0.15) is 23.0 Å². The van der Waals surface area contributed by atoms with Crippen molar-refractivity contribution in [3.05, 3.63) is 57.8 Å². The molecule has 0 unspecified atom stereocenters. The first-order chi connectivity index (χ1) is 9.45. The number of aryl methyl sites for hydroxylation is 1. The molecule has 0 aliphatic rings. The smallest absolute Gasteiger partial charge is 0.254 e. The maximum Gasteiger partial charge on any atom is 0.254 e. The third-order valence-electron chi connectivity index (χ3n) is 3.29. The lowest BCUT2D eigenvalue weighted by molar-refractivity contribution is 0.0998. The van der Waals surface area contributed by atoms with Gasteiger partial charge in [-0.15, -0.1) is 0 Å². The van der Waals surface area contributed by atoms with Gasteiger partial charge in [0.15, 0.2) is 0 Å². The maximum atomic E-state index is 13.0. The molecular weight excluding hydrogens is 259 g/mol. The second-order valence-electron chi connectivity index (χ2n) is 4.49. The van der Waals surface area contributed by atoms with Gasteiger partial charge in [-0.3, -0.25) is 9.59 Å². The van der Waals surface area contributed by atoms with Crippen molar-refractivity contribution in [3.63, 3.8) is 0 Å². The van der Waals surface area contributed by atoms with Crippen molar-refractivity contribution in [2.45, 2.75) is 20.4 Å². The normalized spacial score (nSPS) is 10.6. The van der Waals surface area contributed by atoms with E-state index in [0.717, 1.165) is 0 Å². The van der Waals surface area contributed by atoms with E-state index in [1.807, 2.05) is 6.92 Å². The van der Waals surface area contributed by atoms with Gasteiger partial charge in [0.1, 0.15) is 11.4 Å². The molecule has 0 saturated carbocycles. The molecule has 0 aliphatic carbocycles. The number of nitrogens with two attached hydrogens (primary N) is 1. The Balaban J connectivity index is 2.80. The Labute approximate surface area is 115 Å². The molecular formula is C15H15FN2O2. The third-order valence-corrected chi connectivity index (χ3v) is 3.29. The Hall–Kier alpha value is -2.43. The molecule has 1 heterocycles. The Kier molecular flexibility index (Phi) is 3.70. The summed E-state index contributed by atoms with van der Waals surface area (Å²) in [5.41, 5.74) is 6.43. The lowest BCUT2D eigenvalue weighted by atomic mass is 10.0. The zero-order valence-electron chi connectivity index (χ0n) is 11.3. The van der Waals surface area contributed by atoms with E-state index in [1.165, 1.54) is 30.5 Å². The average molecular weight is 274 g/mol. The lowest BCUT2D eigenvalue weighted by Crippen LogP contribution is -2.26. The van der Waals surface area contributed by atoms with Gasteiger partial charge >= 0.3 is 0 Å². The number of halogens is 1. The summed E-state index contributed by atoms with van der Waals surface area (Å²) in [4.78, 5) is 23.8. The molecule has 0 atom stereocenters. The maximum absolute atomic E-state index is 13.0. The standard InChI is InChI=1S/C15H15FN2O2/c1-3-18-8-12(15(17)20)14(19)13(9(18)2)10-4-6-11(16)7-5-10/h4-8H,3H2,1-2H3,(H2,17,20). The molecule has 5 heteroatoms. The number of rotatable bonds is 3. The summed E-state index contributed by atoms with van der Waals surface area (Å²) in [7, 11) is 0. The van der Waals surface area contributed by atoms with Gasteiger partial charge in [0.25, 0.3) is 5.91 Å². The molecule has 1 aromatic carbocycles. The number of carbonyl (C=O) groups excluding carboxylic acids is 1. The van der Waals surface area contributed by atoms with E-state index in [1.54, 1.807) is 11.5 Å². The van der Waals surface area contributed by atoms with Gasteiger partial charge in [-0.05, 0) is 31.5 Å². The molecule has 0 spiro atoms. The van der Waals surface area contributed by atoms with E-state index in [0.29, 0.717) is 23.4 Å². The highest BCUT2D eigenvalue weighted by Crippen LogP contribution is 2.21. The summed E-state index contributed by atoms with van der Waals surface area (Å²) in [5.74, 6) is -1.14. The summed E-state index contributed by atoms with van der Waals surface area (Å²) < 4.78 is 14.8. The Bertz CT molecular complexity index is 718. The topological polar surface area (TPSA) is 65.1 Å². The van der Waals surface area contributed by atoms with Crippen molar-refractivity contribution < 1.29 is 9.18 Å². The summed E-state index contributed by atoms with van der Waals surface area (Å²) in [5, 5.41) is 0. The molecule has 1 aromatic heterocycles. The van der Waals surface area contributed by atoms with Crippen molar-refractivity contribution in [1.82, 2.24) is 4.57 Å². The highest BCUT2D eigenvalue weighted by Gasteiger charge is 2.16. The van der Waals surface area contributed by atoms with E-state index in [-0.39, 0.29) is 11.4 Å². The van der Waals surface area contributed by atoms with Crippen LogP contribution >= 0.6 is 0 Å². The summed E-state index contributed by atoms with van der Waals surface area (Å²) in [6, 6.07) is 5.59. The van der Waals surface area contributed by atoms with E-state index < -0.39 is 11.3 Å². The Morgan fingerprint density at radius 1 is 1.30 bits per heavy atom. The molecule has 1 amide bonds. The van der Waals surface area contributed by atoms with Crippen molar-refractivity contribution >= 4 is 5.91 Å². The minimum absolute atomic E-state index is 0.0585.